The molecule has 1 N–H and O–H groups in total. The van der Waals surface area contributed by atoms with Gasteiger partial charge in [0.15, 0.2) is 11.5 Å². The van der Waals surface area contributed by atoms with Crippen LogP contribution in [0.2, 0.25) is 0 Å². The number of methoxy groups -OCH3 is 2. The fraction of sp³-hybridized carbons (Fsp3) is 0.200. The van der Waals surface area contributed by atoms with E-state index in [1.54, 1.807) is 14.2 Å². The van der Waals surface area contributed by atoms with Crippen LogP contribution in [0.15, 0.2) is 44.6 Å². The Bertz CT molecular complexity index is 789. The highest BCUT2D eigenvalue weighted by molar-refractivity contribution is 9.10. The van der Waals surface area contributed by atoms with Gasteiger partial charge in [-0.25, -0.2) is 0 Å². The smallest absolute Gasteiger partial charge is 0.277 e. The summed E-state index contributed by atoms with van der Waals surface area (Å²) in [5.41, 5.74) is 1.85. The number of rotatable bonds is 6. The Hall–Kier alpha value is -1.93. The second-order valence-electron chi connectivity index (χ2n) is 4.54. The molecule has 0 aliphatic carbocycles. The van der Waals surface area contributed by atoms with Crippen LogP contribution in [0.5, 0.6) is 11.5 Å². The Kier molecular flexibility index (Phi) is 4.92. The fourth-order valence-electron chi connectivity index (χ4n) is 1.99. The SMILES string of the molecule is COc1cc(Br)c(CSc2nnc(-c3ccc[nH]3)o2)cc1OC. The van der Waals surface area contributed by atoms with Gasteiger partial charge in [0.1, 0.15) is 5.69 Å². The van der Waals surface area contributed by atoms with Gasteiger partial charge in [-0.3, -0.25) is 0 Å². The molecule has 23 heavy (non-hydrogen) atoms. The maximum Gasteiger partial charge on any atom is 0.277 e. The van der Waals surface area contributed by atoms with Crippen LogP contribution in [0.3, 0.4) is 0 Å². The van der Waals surface area contributed by atoms with Crippen molar-refractivity contribution in [2.45, 2.75) is 11.0 Å². The number of hydrogen-bond acceptors (Lipinski definition) is 6. The van der Waals surface area contributed by atoms with E-state index in [4.69, 9.17) is 13.9 Å². The molecule has 120 valence electrons. The number of aromatic nitrogens is 3. The van der Waals surface area contributed by atoms with E-state index < -0.39 is 0 Å². The van der Waals surface area contributed by atoms with Crippen molar-refractivity contribution in [1.82, 2.24) is 15.2 Å². The zero-order valence-electron chi connectivity index (χ0n) is 12.5. The third-order valence-electron chi connectivity index (χ3n) is 3.14. The van der Waals surface area contributed by atoms with Crippen LogP contribution in [0, 0.1) is 0 Å². The first kappa shape index (κ1) is 15.9. The number of nitrogens with zero attached hydrogens (tertiary/aromatic N) is 2. The molecule has 0 fully saturated rings. The largest absolute Gasteiger partial charge is 0.493 e. The number of nitrogens with one attached hydrogen (secondary N) is 1. The number of H-pyrrole nitrogens is 1. The first-order chi connectivity index (χ1) is 11.2. The predicted octanol–water partition coefficient (Wildman–Crippen LogP) is 4.14. The van der Waals surface area contributed by atoms with Crippen molar-refractivity contribution in [2.75, 3.05) is 14.2 Å². The highest BCUT2D eigenvalue weighted by Crippen LogP contribution is 2.36. The summed E-state index contributed by atoms with van der Waals surface area (Å²) in [6, 6.07) is 7.57. The summed E-state index contributed by atoms with van der Waals surface area (Å²) in [7, 11) is 3.22. The Balaban J connectivity index is 1.73. The second kappa shape index (κ2) is 7.10. The van der Waals surface area contributed by atoms with Gasteiger partial charge in [-0.05, 0) is 29.8 Å². The summed E-state index contributed by atoms with van der Waals surface area (Å²) >= 11 is 5.00. The van der Waals surface area contributed by atoms with Gasteiger partial charge in [0.05, 0.1) is 14.2 Å². The molecule has 0 aliphatic heterocycles. The van der Waals surface area contributed by atoms with Gasteiger partial charge in [-0.1, -0.05) is 27.7 Å². The molecule has 0 aliphatic rings. The summed E-state index contributed by atoms with van der Waals surface area (Å²) in [4.78, 5) is 3.03. The van der Waals surface area contributed by atoms with E-state index in [9.17, 15) is 0 Å². The third kappa shape index (κ3) is 3.53. The van der Waals surface area contributed by atoms with E-state index in [0.29, 0.717) is 28.4 Å². The number of hydrogen-bond donors (Lipinski definition) is 1. The van der Waals surface area contributed by atoms with Crippen LogP contribution in [0.25, 0.3) is 11.6 Å². The lowest BCUT2D eigenvalue weighted by Crippen LogP contribution is -1.93. The maximum absolute atomic E-state index is 5.63. The molecule has 2 aromatic heterocycles. The zero-order valence-corrected chi connectivity index (χ0v) is 14.9. The van der Waals surface area contributed by atoms with Crippen molar-refractivity contribution < 1.29 is 13.9 Å². The molecule has 6 nitrogen and oxygen atoms in total. The van der Waals surface area contributed by atoms with Crippen molar-refractivity contribution in [3.05, 3.63) is 40.5 Å². The molecule has 8 heteroatoms. The van der Waals surface area contributed by atoms with Crippen LogP contribution in [0.1, 0.15) is 5.56 Å². The van der Waals surface area contributed by atoms with E-state index in [0.717, 1.165) is 15.7 Å². The standard InChI is InChI=1S/C15H14BrN3O3S/c1-20-12-6-9(10(16)7-13(12)21-2)8-23-15-19-18-14(22-15)11-4-3-5-17-11/h3-7,17H,8H2,1-2H3. The van der Waals surface area contributed by atoms with E-state index in [1.165, 1.54) is 11.8 Å². The van der Waals surface area contributed by atoms with Crippen molar-refractivity contribution in [3.8, 4) is 23.1 Å². The summed E-state index contributed by atoms with van der Waals surface area (Å²) < 4.78 is 17.2. The molecule has 3 rings (SSSR count). The minimum atomic E-state index is 0.476. The summed E-state index contributed by atoms with van der Waals surface area (Å²) in [6.07, 6.45) is 1.81. The summed E-state index contributed by atoms with van der Waals surface area (Å²) in [6.45, 7) is 0. The molecule has 0 amide bonds. The van der Waals surface area contributed by atoms with Gasteiger partial charge in [0, 0.05) is 16.4 Å². The molecule has 0 saturated carbocycles. The van der Waals surface area contributed by atoms with Gasteiger partial charge in [0.25, 0.3) is 11.1 Å². The molecule has 0 radical (unpaired) electrons. The van der Waals surface area contributed by atoms with Crippen LogP contribution in [-0.4, -0.2) is 29.4 Å². The van der Waals surface area contributed by atoms with Crippen LogP contribution >= 0.6 is 27.7 Å². The van der Waals surface area contributed by atoms with Crippen LogP contribution in [-0.2, 0) is 5.75 Å². The van der Waals surface area contributed by atoms with E-state index >= 15 is 0 Å². The summed E-state index contributed by atoms with van der Waals surface area (Å²) in [5, 5.41) is 8.59. The van der Waals surface area contributed by atoms with Gasteiger partial charge < -0.3 is 18.9 Å². The first-order valence-electron chi connectivity index (χ1n) is 6.71. The van der Waals surface area contributed by atoms with E-state index in [2.05, 4.69) is 31.1 Å². The van der Waals surface area contributed by atoms with Gasteiger partial charge in [0.2, 0.25) is 0 Å². The molecular weight excluding hydrogens is 382 g/mol. The Morgan fingerprint density at radius 1 is 1.22 bits per heavy atom. The van der Waals surface area contributed by atoms with Crippen LogP contribution < -0.4 is 9.47 Å². The first-order valence-corrected chi connectivity index (χ1v) is 8.49. The number of ether oxygens (including phenoxy) is 2. The molecule has 0 atom stereocenters. The fourth-order valence-corrected chi connectivity index (χ4v) is 3.39. The topological polar surface area (TPSA) is 73.2 Å². The average Bonchev–Trinajstić information content (AvgIpc) is 3.24. The van der Waals surface area contributed by atoms with Gasteiger partial charge in [-0.2, -0.15) is 0 Å². The van der Waals surface area contributed by atoms with Crippen LogP contribution in [0.4, 0.5) is 0 Å². The molecule has 0 spiro atoms. The molecule has 3 aromatic rings. The lowest BCUT2D eigenvalue weighted by Gasteiger charge is -2.11. The quantitative estimate of drug-likeness (QED) is 0.632. The molecule has 2 heterocycles. The second-order valence-corrected chi connectivity index (χ2v) is 6.33. The van der Waals surface area contributed by atoms with Gasteiger partial charge in [-0.15, -0.1) is 10.2 Å². The lowest BCUT2D eigenvalue weighted by atomic mass is 10.2. The third-order valence-corrected chi connectivity index (χ3v) is 4.74. The number of benzene rings is 1. The van der Waals surface area contributed by atoms with E-state index in [-0.39, 0.29) is 0 Å². The molecular formula is C15H14BrN3O3S. The average molecular weight is 396 g/mol. The van der Waals surface area contributed by atoms with Crippen molar-refractivity contribution in [3.63, 3.8) is 0 Å². The Morgan fingerprint density at radius 3 is 2.70 bits per heavy atom. The normalized spacial score (nSPS) is 10.7. The predicted molar refractivity (Wildman–Crippen MR) is 90.9 cm³/mol. The van der Waals surface area contributed by atoms with E-state index in [1.807, 2.05) is 30.5 Å². The lowest BCUT2D eigenvalue weighted by molar-refractivity contribution is 0.354. The van der Waals surface area contributed by atoms with Crippen molar-refractivity contribution in [1.29, 1.82) is 0 Å². The Morgan fingerprint density at radius 2 is 2.00 bits per heavy atom. The van der Waals surface area contributed by atoms with Crippen molar-refractivity contribution >= 4 is 27.7 Å². The monoisotopic (exact) mass is 395 g/mol. The zero-order chi connectivity index (χ0) is 16.2. The Labute approximate surface area is 145 Å². The highest BCUT2D eigenvalue weighted by atomic mass is 79.9. The highest BCUT2D eigenvalue weighted by Gasteiger charge is 2.13. The molecule has 1 aromatic carbocycles. The minimum Gasteiger partial charge on any atom is -0.493 e. The van der Waals surface area contributed by atoms with Gasteiger partial charge >= 0.3 is 0 Å². The molecule has 0 saturated heterocycles. The molecule has 0 unspecified atom stereocenters. The number of aromatic amines is 1. The number of halogens is 1. The summed E-state index contributed by atoms with van der Waals surface area (Å²) in [5.74, 6) is 2.50. The van der Waals surface area contributed by atoms with Crippen molar-refractivity contribution in [2.24, 2.45) is 0 Å². The minimum absolute atomic E-state index is 0.476. The number of thioether (sulfide) groups is 1. The molecule has 0 bridgehead atoms. The maximum atomic E-state index is 5.63.